The third-order valence-electron chi connectivity index (χ3n) is 2.88. The minimum absolute atomic E-state index is 0.0805. The van der Waals surface area contributed by atoms with Crippen LogP contribution < -0.4 is 10.9 Å². The van der Waals surface area contributed by atoms with E-state index in [-0.39, 0.29) is 16.9 Å². The summed E-state index contributed by atoms with van der Waals surface area (Å²) in [5.74, 6) is -0.440. The molecule has 0 aliphatic heterocycles. The van der Waals surface area contributed by atoms with Crippen molar-refractivity contribution in [2.24, 2.45) is 0 Å². The maximum atomic E-state index is 13.2. The predicted molar refractivity (Wildman–Crippen MR) is 74.0 cm³/mol. The molecule has 3 aromatic rings. The van der Waals surface area contributed by atoms with Crippen molar-refractivity contribution < 1.29 is 8.81 Å². The Bertz CT molecular complexity index is 800. The van der Waals surface area contributed by atoms with Crippen molar-refractivity contribution in [3.8, 4) is 0 Å². The molecule has 0 fully saturated rings. The lowest BCUT2D eigenvalue weighted by Crippen LogP contribution is -2.08. The summed E-state index contributed by atoms with van der Waals surface area (Å²) in [5, 5.41) is 3.17. The average molecular weight is 270 g/mol. The van der Waals surface area contributed by atoms with Gasteiger partial charge in [-0.05, 0) is 17.7 Å². The van der Waals surface area contributed by atoms with Gasteiger partial charge in [0.15, 0.2) is 0 Å². The minimum atomic E-state index is -0.537. The van der Waals surface area contributed by atoms with E-state index in [9.17, 15) is 9.18 Å². The Morgan fingerprint density at radius 3 is 2.75 bits per heavy atom. The van der Waals surface area contributed by atoms with Crippen LogP contribution in [0.5, 0.6) is 0 Å². The summed E-state index contributed by atoms with van der Waals surface area (Å²) in [6.07, 6.45) is 0. The molecule has 3 rings (SSSR count). The molecule has 0 radical (unpaired) electrons. The van der Waals surface area contributed by atoms with Gasteiger partial charge in [0.05, 0.1) is 10.9 Å². The van der Waals surface area contributed by atoms with E-state index >= 15 is 0 Å². The van der Waals surface area contributed by atoms with Crippen molar-refractivity contribution in [1.29, 1.82) is 0 Å². The molecule has 1 N–H and O–H groups in total. The standard InChI is InChI=1S/C15H11FN2O2/c16-11-6-7-12-13(8-11)18-15(20-14(12)19)17-9-10-4-2-1-3-5-10/h1-8H,9H2,(H,17,18). The van der Waals surface area contributed by atoms with E-state index in [0.29, 0.717) is 6.54 Å². The van der Waals surface area contributed by atoms with E-state index in [2.05, 4.69) is 10.3 Å². The second-order valence-electron chi connectivity index (χ2n) is 4.31. The Balaban J connectivity index is 1.90. The van der Waals surface area contributed by atoms with Crippen molar-refractivity contribution in [3.63, 3.8) is 0 Å². The molecule has 0 unspecified atom stereocenters. The number of halogens is 1. The molecule has 0 amide bonds. The highest BCUT2D eigenvalue weighted by atomic mass is 19.1. The van der Waals surface area contributed by atoms with Crippen molar-refractivity contribution in [2.45, 2.75) is 6.54 Å². The fraction of sp³-hybridized carbons (Fsp3) is 0.0667. The van der Waals surface area contributed by atoms with Crippen LogP contribution in [-0.2, 0) is 6.54 Å². The number of fused-ring (bicyclic) bond motifs is 1. The fourth-order valence-electron chi connectivity index (χ4n) is 1.89. The van der Waals surface area contributed by atoms with E-state index in [0.717, 1.165) is 5.56 Å². The zero-order valence-electron chi connectivity index (χ0n) is 10.5. The summed E-state index contributed by atoms with van der Waals surface area (Å²) in [5.41, 5.74) is 0.763. The molecule has 4 nitrogen and oxygen atoms in total. The Labute approximate surface area is 113 Å². The smallest absolute Gasteiger partial charge is 0.348 e. The van der Waals surface area contributed by atoms with Crippen LogP contribution in [0, 0.1) is 5.82 Å². The van der Waals surface area contributed by atoms with Gasteiger partial charge < -0.3 is 9.73 Å². The van der Waals surface area contributed by atoms with E-state index in [1.54, 1.807) is 0 Å². The molecule has 20 heavy (non-hydrogen) atoms. The Morgan fingerprint density at radius 1 is 1.15 bits per heavy atom. The summed E-state index contributed by atoms with van der Waals surface area (Å²) in [6, 6.07) is 13.5. The lowest BCUT2D eigenvalue weighted by atomic mass is 10.2. The maximum absolute atomic E-state index is 13.2. The molecular weight excluding hydrogens is 259 g/mol. The summed E-state index contributed by atoms with van der Waals surface area (Å²) in [6.45, 7) is 0.470. The lowest BCUT2D eigenvalue weighted by Gasteiger charge is -2.05. The monoisotopic (exact) mass is 270 g/mol. The molecule has 0 aliphatic carbocycles. The molecule has 0 saturated heterocycles. The number of aromatic nitrogens is 1. The third-order valence-corrected chi connectivity index (χ3v) is 2.88. The normalized spacial score (nSPS) is 10.7. The first-order chi connectivity index (χ1) is 9.72. The number of benzene rings is 2. The average Bonchev–Trinajstić information content (AvgIpc) is 2.46. The topological polar surface area (TPSA) is 55.1 Å². The Morgan fingerprint density at radius 2 is 1.95 bits per heavy atom. The molecule has 100 valence electrons. The van der Waals surface area contributed by atoms with E-state index in [1.165, 1.54) is 18.2 Å². The highest BCUT2D eigenvalue weighted by molar-refractivity contribution is 5.77. The number of hydrogen-bond acceptors (Lipinski definition) is 4. The van der Waals surface area contributed by atoms with Gasteiger partial charge in [-0.15, -0.1) is 0 Å². The molecule has 0 aliphatic rings. The van der Waals surface area contributed by atoms with Crippen LogP contribution in [0.15, 0.2) is 57.7 Å². The van der Waals surface area contributed by atoms with Gasteiger partial charge in [0.2, 0.25) is 0 Å². The zero-order valence-corrected chi connectivity index (χ0v) is 10.5. The van der Waals surface area contributed by atoms with Crippen LogP contribution in [0.3, 0.4) is 0 Å². The van der Waals surface area contributed by atoms with Gasteiger partial charge in [-0.2, -0.15) is 4.98 Å². The fourth-order valence-corrected chi connectivity index (χ4v) is 1.89. The van der Waals surface area contributed by atoms with Crippen LogP contribution in [-0.4, -0.2) is 4.98 Å². The molecule has 0 atom stereocenters. The van der Waals surface area contributed by atoms with Crippen molar-refractivity contribution in [3.05, 3.63) is 70.3 Å². The molecule has 0 saturated carbocycles. The summed E-state index contributed by atoms with van der Waals surface area (Å²) in [7, 11) is 0. The van der Waals surface area contributed by atoms with Gasteiger partial charge in [0.1, 0.15) is 5.82 Å². The molecule has 1 aromatic heterocycles. The summed E-state index contributed by atoms with van der Waals surface area (Å²) in [4.78, 5) is 15.8. The summed E-state index contributed by atoms with van der Waals surface area (Å²) < 4.78 is 18.2. The quantitative estimate of drug-likeness (QED) is 0.795. The zero-order chi connectivity index (χ0) is 13.9. The molecule has 1 heterocycles. The van der Waals surface area contributed by atoms with Crippen LogP contribution in [0.2, 0.25) is 0 Å². The van der Waals surface area contributed by atoms with E-state index in [1.807, 2.05) is 30.3 Å². The molecule has 0 bridgehead atoms. The molecule has 2 aromatic carbocycles. The SMILES string of the molecule is O=c1oc(NCc2ccccc2)nc2cc(F)ccc12. The van der Waals surface area contributed by atoms with Gasteiger partial charge in [-0.1, -0.05) is 30.3 Å². The first-order valence-corrected chi connectivity index (χ1v) is 6.10. The maximum Gasteiger partial charge on any atom is 0.348 e. The van der Waals surface area contributed by atoms with Gasteiger partial charge in [-0.3, -0.25) is 0 Å². The van der Waals surface area contributed by atoms with Gasteiger partial charge in [-0.25, -0.2) is 9.18 Å². The van der Waals surface area contributed by atoms with Gasteiger partial charge in [0, 0.05) is 12.6 Å². The lowest BCUT2D eigenvalue weighted by molar-refractivity contribution is 0.515. The van der Waals surface area contributed by atoms with E-state index in [4.69, 9.17) is 4.42 Å². The largest absolute Gasteiger partial charge is 0.389 e. The molecule has 0 spiro atoms. The Hall–Kier alpha value is -2.69. The Kier molecular flexibility index (Phi) is 3.16. The first kappa shape index (κ1) is 12.3. The summed E-state index contributed by atoms with van der Waals surface area (Å²) >= 11 is 0. The van der Waals surface area contributed by atoms with Crippen LogP contribution in [0.25, 0.3) is 10.9 Å². The minimum Gasteiger partial charge on any atom is -0.389 e. The second-order valence-corrected chi connectivity index (χ2v) is 4.31. The number of nitrogens with one attached hydrogen (secondary N) is 1. The second kappa shape index (κ2) is 5.13. The van der Waals surface area contributed by atoms with Crippen molar-refractivity contribution >= 4 is 16.9 Å². The number of anilines is 1. The number of nitrogens with zero attached hydrogens (tertiary/aromatic N) is 1. The highest BCUT2D eigenvalue weighted by Gasteiger charge is 2.07. The number of hydrogen-bond donors (Lipinski definition) is 1. The third kappa shape index (κ3) is 2.51. The van der Waals surface area contributed by atoms with Crippen LogP contribution in [0.1, 0.15) is 5.56 Å². The van der Waals surface area contributed by atoms with Crippen molar-refractivity contribution in [2.75, 3.05) is 5.32 Å². The van der Waals surface area contributed by atoms with E-state index < -0.39 is 11.4 Å². The molecule has 5 heteroatoms. The highest BCUT2D eigenvalue weighted by Crippen LogP contribution is 2.13. The van der Waals surface area contributed by atoms with Gasteiger partial charge >= 0.3 is 5.63 Å². The predicted octanol–water partition coefficient (Wildman–Crippen LogP) is 2.94. The van der Waals surface area contributed by atoms with Crippen molar-refractivity contribution in [1.82, 2.24) is 4.98 Å². The van der Waals surface area contributed by atoms with Crippen LogP contribution >= 0.6 is 0 Å². The first-order valence-electron chi connectivity index (χ1n) is 6.10. The van der Waals surface area contributed by atoms with Crippen LogP contribution in [0.4, 0.5) is 10.4 Å². The van der Waals surface area contributed by atoms with Gasteiger partial charge in [0.25, 0.3) is 6.01 Å². The molecular formula is C15H11FN2O2. The number of rotatable bonds is 3.